The molecule has 0 bridgehead atoms. The third-order valence-corrected chi connectivity index (χ3v) is 97.0. The van der Waals surface area contributed by atoms with Gasteiger partial charge in [0.05, 0.1) is 24.3 Å². The molecule has 10 N–H and O–H groups in total. The number of alkyl carbamates (subject to hydrolysis) is 4. The summed E-state index contributed by atoms with van der Waals surface area (Å²) in [5.41, 5.74) is 15.4. The molecule has 1 saturated carbocycles. The fourth-order valence-corrected chi connectivity index (χ4v) is 9.20. The number of aliphatic hydroxyl groups excluding tert-OH is 2. The Morgan fingerprint density at radius 2 is 0.880 bits per heavy atom. The van der Waals surface area contributed by atoms with Crippen LogP contribution in [0.4, 0.5) is 19.2 Å². The molecule has 1 fully saturated rings. The van der Waals surface area contributed by atoms with Gasteiger partial charge in [0.1, 0.15) is 36.0 Å². The molecule has 0 spiro atoms. The van der Waals surface area contributed by atoms with Crippen LogP contribution in [0, 0.1) is 18.0 Å². The zero-order valence-electron chi connectivity index (χ0n) is 54.1. The molecule has 522 valence electrons. The number of aliphatic hydroxyl groups is 2. The van der Waals surface area contributed by atoms with E-state index in [4.69, 9.17) is 30.4 Å². The molecule has 92 heavy (non-hydrogen) atoms. The van der Waals surface area contributed by atoms with E-state index < -0.39 is 82.5 Å². The van der Waals surface area contributed by atoms with Gasteiger partial charge in [-0.2, -0.15) is 0 Å². The number of hydrogen-bond donors (Lipinski definition) is 8. The van der Waals surface area contributed by atoms with Crippen LogP contribution >= 0.6 is 173 Å². The first-order valence-corrected chi connectivity index (χ1v) is 75.2. The number of carbonyl (C=O) groups excluding carboxylic acids is 6. The molecule has 0 saturated heterocycles. The summed E-state index contributed by atoms with van der Waals surface area (Å²) in [6.45, 7) is 25.9. The van der Waals surface area contributed by atoms with E-state index in [1.165, 1.54) is 11.1 Å². The van der Waals surface area contributed by atoms with Crippen LogP contribution in [0.1, 0.15) is 151 Å². The van der Waals surface area contributed by atoms with E-state index in [0.717, 1.165) is 42.2 Å². The maximum absolute atomic E-state index is 12.2. The second kappa shape index (κ2) is 45.7. The Labute approximate surface area is 651 Å². The van der Waals surface area contributed by atoms with Gasteiger partial charge in [-0.25, -0.2) is 19.2 Å². The number of carbonyl (C=O) groups is 6. The van der Waals surface area contributed by atoms with Gasteiger partial charge in [0.25, 0.3) is 0 Å². The first kappa shape index (κ1) is 90.9. The summed E-state index contributed by atoms with van der Waals surface area (Å²) in [7, 11) is -0.599. The van der Waals surface area contributed by atoms with Crippen LogP contribution in [0.3, 0.4) is 0 Å². The first-order chi connectivity index (χ1) is 42.5. The van der Waals surface area contributed by atoms with Gasteiger partial charge in [-0.1, -0.05) is 128 Å². The number of amides is 6. The molecule has 4 aromatic carbocycles. The molecule has 4 aromatic rings. The van der Waals surface area contributed by atoms with Crippen LogP contribution in [0.25, 0.3) is 11.1 Å². The molecule has 0 heterocycles. The second-order valence-electron chi connectivity index (χ2n) is 25.1. The summed E-state index contributed by atoms with van der Waals surface area (Å²) in [4.78, 5) is 70.1. The molecular formula is C63H90I11N6O12-. The van der Waals surface area contributed by atoms with Crippen LogP contribution in [0.5, 0.6) is 0 Å². The quantitative estimate of drug-likeness (QED) is 0.0341. The summed E-state index contributed by atoms with van der Waals surface area (Å²) in [5.74, 6) is -1.14. The average Bonchev–Trinajstić information content (AvgIpc) is 1.62. The zero-order valence-corrected chi connectivity index (χ0v) is 77.8. The van der Waals surface area contributed by atoms with Crippen molar-refractivity contribution >= 4 is 209 Å². The molecule has 0 aromatic heterocycles. The molecule has 2 aliphatic rings. The Balaban J connectivity index is 0.000000594. The van der Waals surface area contributed by atoms with E-state index in [0.29, 0.717) is 38.9 Å². The molecule has 6 atom stereocenters. The van der Waals surface area contributed by atoms with Crippen LogP contribution in [-0.4, -0.2) is 107 Å². The Hall–Kier alpha value is 0.850. The number of fused-ring (bicyclic) bond motifs is 3. The fraction of sp³-hybridized carbons (Fsp3) is 0.524. The average molecular weight is 2520 g/mol. The van der Waals surface area contributed by atoms with Crippen molar-refractivity contribution in [1.82, 2.24) is 21.3 Å². The standard InChI is InChI=1S/C21H24N2O3.2C16H24INO3.C10H18N2O3.I5.I4/c1-21(2,3)18(19(22)24)23-20(25)26-12-17-15-10-6-4-8-13(15)14-9-5-7-11-16(14)17;2*1-5-14(19)13(18-15(20)21-16(2,3)4)10-11-6-8-12(17)9-7-11;1-10(2,3)7(8(11)13)12-9(14)15-6-4-5-6;1-4-5(2)3;1-4(2)3/h4-11,17-18H,12H2,1-3H3,(H2,22,24)(H,23,25);2*6-9,13-14,19H,5,10H2,1-4H3,(H,18,20);6-7H,4-5H2,1-3H3,(H2,11,13)(H,12,14);;/q;;;;-1;/t18-;2*13-,14-;7-;;/m1001../s1. The summed E-state index contributed by atoms with van der Waals surface area (Å²) < 4.78 is 23.3. The van der Waals surface area contributed by atoms with E-state index >= 15 is 0 Å². The number of benzene rings is 4. The topological polar surface area (TPSA) is 280 Å². The number of nitrogens with one attached hydrogen (secondary N) is 4. The Morgan fingerprint density at radius 1 is 0.554 bits per heavy atom. The summed E-state index contributed by atoms with van der Waals surface area (Å²) in [5, 5.41) is 30.9. The van der Waals surface area contributed by atoms with Crippen molar-refractivity contribution in [3.05, 3.63) is 126 Å². The van der Waals surface area contributed by atoms with Gasteiger partial charge < -0.3 is 61.9 Å². The van der Waals surface area contributed by atoms with Crippen molar-refractivity contribution in [2.45, 2.75) is 195 Å². The van der Waals surface area contributed by atoms with Gasteiger partial charge in [-0.3, -0.25) is 9.59 Å². The molecule has 29 heteroatoms. The van der Waals surface area contributed by atoms with E-state index in [1.807, 2.05) is 170 Å². The molecular weight excluding hydrogens is 2430 g/mol. The summed E-state index contributed by atoms with van der Waals surface area (Å²) >= 11 is 20.3. The number of halogens is 11. The van der Waals surface area contributed by atoms with Crippen molar-refractivity contribution in [2.75, 3.05) is 6.61 Å². The van der Waals surface area contributed by atoms with Crippen LogP contribution in [0.2, 0.25) is 0 Å². The molecule has 6 rings (SSSR count). The van der Waals surface area contributed by atoms with Gasteiger partial charge in [0.15, 0.2) is 0 Å². The number of rotatable bonds is 18. The van der Waals surface area contributed by atoms with E-state index in [9.17, 15) is 39.0 Å². The van der Waals surface area contributed by atoms with Crippen molar-refractivity contribution in [1.29, 1.82) is 0 Å². The molecule has 0 unspecified atom stereocenters. The van der Waals surface area contributed by atoms with Gasteiger partial charge in [0, 0.05) is 13.1 Å². The first-order valence-electron chi connectivity index (χ1n) is 29.0. The van der Waals surface area contributed by atoms with Crippen molar-refractivity contribution in [3.8, 4) is 11.1 Å². The molecule has 18 nitrogen and oxygen atoms in total. The fourth-order valence-electron chi connectivity index (χ4n) is 8.48. The molecule has 0 aliphatic heterocycles. The Kier molecular flexibility index (Phi) is 45.1. The van der Waals surface area contributed by atoms with Crippen molar-refractivity contribution < 1.29 is 71.2 Å². The van der Waals surface area contributed by atoms with Crippen LogP contribution in [-0.2, 0) is 41.4 Å². The maximum atomic E-state index is 12.2. The van der Waals surface area contributed by atoms with Gasteiger partial charge in [-0.15, -0.1) is 0 Å². The summed E-state index contributed by atoms with van der Waals surface area (Å²) in [6.07, 6.45) is 0.755. The number of hydrogen-bond acceptors (Lipinski definition) is 12. The predicted octanol–water partition coefficient (Wildman–Crippen LogP) is 15.3. The van der Waals surface area contributed by atoms with Crippen molar-refractivity contribution in [3.63, 3.8) is 0 Å². The van der Waals surface area contributed by atoms with Gasteiger partial charge in [0.2, 0.25) is 11.8 Å². The number of nitrogens with two attached hydrogens (primary N) is 2. The van der Waals surface area contributed by atoms with Gasteiger partial charge >= 0.3 is 165 Å². The van der Waals surface area contributed by atoms with Crippen molar-refractivity contribution in [2.24, 2.45) is 22.3 Å². The van der Waals surface area contributed by atoms with Crippen LogP contribution < -0.4 is 46.0 Å². The number of primary amides is 2. The summed E-state index contributed by atoms with van der Waals surface area (Å²) in [6, 6.07) is 30.1. The zero-order chi connectivity index (χ0) is 70.5. The molecule has 0 radical (unpaired) electrons. The Morgan fingerprint density at radius 3 is 1.16 bits per heavy atom. The minimum atomic E-state index is -0.793. The monoisotopic (exact) mass is 2520 g/mol. The predicted molar refractivity (Wildman–Crippen MR) is 453 cm³/mol. The molecule has 6 amide bonds. The second-order valence-corrected chi connectivity index (χ2v) is 141. The SMILES string of the molecule is CC(C)(C)[C@H](NC(=O)OC1CC1)C(N)=O.CC(C)(C)[C@H](NC(=O)OCC1c2ccccc2-c2ccccc21)C(N)=O.CC[C@H](O)[C@H](Cc1ccc(I)cc1)NC(=O)OC(C)(C)C.CC[C@H](O)[C@H](Cc1ccc(I)cc1)NC(=O)OC(C)(C)C.II(I)I.I[I-]I(I)I. The van der Waals surface area contributed by atoms with E-state index in [1.54, 1.807) is 0 Å². The van der Waals surface area contributed by atoms with E-state index in [-0.39, 0.29) is 46.5 Å². The normalized spacial score (nSPS) is 14.7. The Bertz CT molecular complexity index is 2750. The van der Waals surface area contributed by atoms with Gasteiger partial charge in [-0.05, 0) is 194 Å². The van der Waals surface area contributed by atoms with Crippen LogP contribution in [0.15, 0.2) is 97.1 Å². The number of ether oxygens (including phenoxy) is 4. The third kappa shape index (κ3) is 40.3. The molecule has 2 aliphatic carbocycles. The minimum absolute atomic E-state index is 0.0187. The third-order valence-electron chi connectivity index (χ3n) is 12.9. The van der Waals surface area contributed by atoms with E-state index in [2.05, 4.69) is 202 Å².